The van der Waals surface area contributed by atoms with E-state index in [0.29, 0.717) is 23.4 Å². The summed E-state index contributed by atoms with van der Waals surface area (Å²) >= 11 is 5.72. The Balaban J connectivity index is 2.47. The molecule has 0 aliphatic rings. The van der Waals surface area contributed by atoms with Gasteiger partial charge in [-0.3, -0.25) is 0 Å². The van der Waals surface area contributed by atoms with Gasteiger partial charge in [0, 0.05) is 5.02 Å². The quantitative estimate of drug-likeness (QED) is 0.927. The van der Waals surface area contributed by atoms with Gasteiger partial charge in [0.1, 0.15) is 17.4 Å². The molecule has 0 saturated carbocycles. The lowest BCUT2D eigenvalue weighted by atomic mass is 10.0. The summed E-state index contributed by atoms with van der Waals surface area (Å²) in [7, 11) is 0. The molecule has 1 aromatic heterocycles. The monoisotopic (exact) mass is 304 g/mol. The van der Waals surface area contributed by atoms with Crippen LogP contribution in [0.5, 0.6) is 0 Å². The number of benzene rings is 1. The van der Waals surface area contributed by atoms with Crippen molar-refractivity contribution in [3.8, 4) is 6.07 Å². The number of nitrogens with zero attached hydrogens (tertiary/aromatic N) is 3. The Morgan fingerprint density at radius 2 is 2.05 bits per heavy atom. The highest BCUT2D eigenvalue weighted by Crippen LogP contribution is 2.26. The summed E-state index contributed by atoms with van der Waals surface area (Å²) in [5.41, 5.74) is 2.23. The Kier molecular flexibility index (Phi) is 4.71. The van der Waals surface area contributed by atoms with Crippen LogP contribution in [-0.2, 0) is 12.8 Å². The van der Waals surface area contributed by atoms with Gasteiger partial charge in [-0.05, 0) is 36.6 Å². The molecule has 1 aromatic carbocycles. The molecule has 0 bridgehead atoms. The lowest BCUT2D eigenvalue weighted by Crippen LogP contribution is -2.08. The first kappa shape index (κ1) is 15.2. The number of hydrogen-bond donors (Lipinski definition) is 1. The van der Waals surface area contributed by atoms with Gasteiger partial charge in [0.05, 0.1) is 11.4 Å². The van der Waals surface area contributed by atoms with Gasteiger partial charge in [0.15, 0.2) is 5.82 Å². The molecule has 0 radical (unpaired) electrons. The van der Waals surface area contributed by atoms with E-state index in [9.17, 15) is 9.65 Å². The van der Waals surface area contributed by atoms with Crippen molar-refractivity contribution in [2.45, 2.75) is 26.7 Å². The predicted molar refractivity (Wildman–Crippen MR) is 80.2 cm³/mol. The fourth-order valence-electron chi connectivity index (χ4n) is 2.10. The molecule has 0 aliphatic carbocycles. The minimum absolute atomic E-state index is 0.205. The van der Waals surface area contributed by atoms with Gasteiger partial charge in [-0.25, -0.2) is 4.39 Å². The van der Waals surface area contributed by atoms with Crippen LogP contribution in [0, 0.1) is 17.1 Å². The fourth-order valence-corrected chi connectivity index (χ4v) is 2.26. The second kappa shape index (κ2) is 6.51. The highest BCUT2D eigenvalue weighted by atomic mass is 35.5. The summed E-state index contributed by atoms with van der Waals surface area (Å²) in [6, 6.07) is 6.39. The molecular weight excluding hydrogens is 291 g/mol. The number of rotatable bonds is 4. The lowest BCUT2D eigenvalue weighted by Gasteiger charge is -2.12. The zero-order valence-corrected chi connectivity index (χ0v) is 12.5. The van der Waals surface area contributed by atoms with Crippen LogP contribution in [-0.4, -0.2) is 10.2 Å². The van der Waals surface area contributed by atoms with Crippen LogP contribution in [0.3, 0.4) is 0 Å². The van der Waals surface area contributed by atoms with E-state index < -0.39 is 5.82 Å². The largest absolute Gasteiger partial charge is 0.335 e. The smallest absolute Gasteiger partial charge is 0.171 e. The summed E-state index contributed by atoms with van der Waals surface area (Å²) in [6.45, 7) is 3.90. The number of halogens is 2. The Morgan fingerprint density at radius 1 is 1.29 bits per heavy atom. The first-order chi connectivity index (χ1) is 10.1. The normalized spacial score (nSPS) is 10.2. The third-order valence-corrected chi connectivity index (χ3v) is 3.38. The zero-order valence-electron chi connectivity index (χ0n) is 11.7. The van der Waals surface area contributed by atoms with Crippen molar-refractivity contribution >= 4 is 23.1 Å². The van der Waals surface area contributed by atoms with Crippen molar-refractivity contribution in [1.82, 2.24) is 10.2 Å². The lowest BCUT2D eigenvalue weighted by molar-refractivity contribution is 0.631. The molecule has 1 N–H and O–H groups in total. The van der Waals surface area contributed by atoms with Crippen LogP contribution in [0.1, 0.15) is 30.7 Å². The van der Waals surface area contributed by atoms with Gasteiger partial charge in [0.25, 0.3) is 0 Å². The van der Waals surface area contributed by atoms with E-state index in [1.165, 1.54) is 12.1 Å². The Hall–Kier alpha value is -2.19. The number of nitriles is 1. The second-order valence-corrected chi connectivity index (χ2v) is 4.85. The maximum absolute atomic E-state index is 13.8. The number of nitrogens with one attached hydrogen (secondary N) is 1. The molecule has 0 fully saturated rings. The van der Waals surface area contributed by atoms with Gasteiger partial charge >= 0.3 is 0 Å². The predicted octanol–water partition coefficient (Wildman–Crippen LogP) is 4.01. The standard InChI is InChI=1S/C15H14ClFN4/c1-3-10-11(8-18)15(21-20-13(10)4-2)19-14-6-5-9(16)7-12(14)17/h5-7H,3-4H2,1-2H3,(H,19,21). The minimum Gasteiger partial charge on any atom is -0.335 e. The molecule has 2 rings (SSSR count). The Bertz CT molecular complexity index is 710. The van der Waals surface area contributed by atoms with Crippen LogP contribution in [0.25, 0.3) is 0 Å². The third kappa shape index (κ3) is 3.11. The van der Waals surface area contributed by atoms with Gasteiger partial charge in [-0.1, -0.05) is 25.4 Å². The number of anilines is 2. The van der Waals surface area contributed by atoms with Gasteiger partial charge in [0.2, 0.25) is 0 Å². The molecule has 0 amide bonds. The van der Waals surface area contributed by atoms with E-state index in [0.717, 1.165) is 11.3 Å². The van der Waals surface area contributed by atoms with E-state index in [1.54, 1.807) is 6.07 Å². The maximum atomic E-state index is 13.8. The van der Waals surface area contributed by atoms with Gasteiger partial charge in [-0.15, -0.1) is 5.10 Å². The molecule has 108 valence electrons. The summed E-state index contributed by atoms with van der Waals surface area (Å²) in [5.74, 6) is -0.251. The van der Waals surface area contributed by atoms with Crippen LogP contribution < -0.4 is 5.32 Å². The summed E-state index contributed by atoms with van der Waals surface area (Å²) in [6.07, 6.45) is 1.36. The molecular formula is C15H14ClFN4. The fraction of sp³-hybridized carbons (Fsp3) is 0.267. The van der Waals surface area contributed by atoms with Crippen LogP contribution in [0.2, 0.25) is 5.02 Å². The molecule has 0 unspecified atom stereocenters. The van der Waals surface area contributed by atoms with E-state index in [1.807, 2.05) is 13.8 Å². The van der Waals surface area contributed by atoms with Gasteiger partial charge in [-0.2, -0.15) is 10.4 Å². The van der Waals surface area contributed by atoms with Crippen molar-refractivity contribution in [3.63, 3.8) is 0 Å². The van der Waals surface area contributed by atoms with Crippen LogP contribution in [0.4, 0.5) is 15.9 Å². The highest BCUT2D eigenvalue weighted by Gasteiger charge is 2.15. The van der Waals surface area contributed by atoms with Crippen molar-refractivity contribution in [2.75, 3.05) is 5.32 Å². The van der Waals surface area contributed by atoms with E-state index in [-0.39, 0.29) is 11.5 Å². The SMILES string of the molecule is CCc1nnc(Nc2ccc(Cl)cc2F)c(C#N)c1CC. The average Bonchev–Trinajstić information content (AvgIpc) is 2.49. The molecule has 1 heterocycles. The third-order valence-electron chi connectivity index (χ3n) is 3.14. The molecule has 0 atom stereocenters. The van der Waals surface area contributed by atoms with Crippen molar-refractivity contribution in [2.24, 2.45) is 0 Å². The van der Waals surface area contributed by atoms with Crippen LogP contribution in [0.15, 0.2) is 18.2 Å². The molecule has 4 nitrogen and oxygen atoms in total. The first-order valence-electron chi connectivity index (χ1n) is 6.61. The maximum Gasteiger partial charge on any atom is 0.171 e. The first-order valence-corrected chi connectivity index (χ1v) is 6.99. The van der Waals surface area contributed by atoms with E-state index >= 15 is 0 Å². The van der Waals surface area contributed by atoms with E-state index in [2.05, 4.69) is 21.6 Å². The molecule has 2 aromatic rings. The number of aryl methyl sites for hydroxylation is 1. The summed E-state index contributed by atoms with van der Waals surface area (Å²) in [4.78, 5) is 0. The molecule has 0 spiro atoms. The van der Waals surface area contributed by atoms with Crippen LogP contribution >= 0.6 is 11.6 Å². The van der Waals surface area contributed by atoms with Crippen molar-refractivity contribution < 1.29 is 4.39 Å². The topological polar surface area (TPSA) is 61.6 Å². The minimum atomic E-state index is -0.509. The Morgan fingerprint density at radius 3 is 2.62 bits per heavy atom. The highest BCUT2D eigenvalue weighted by molar-refractivity contribution is 6.30. The number of aromatic nitrogens is 2. The molecule has 6 heteroatoms. The molecule has 0 saturated heterocycles. The summed E-state index contributed by atoms with van der Waals surface area (Å²) in [5, 5.41) is 20.6. The van der Waals surface area contributed by atoms with Gasteiger partial charge < -0.3 is 5.32 Å². The van der Waals surface area contributed by atoms with E-state index in [4.69, 9.17) is 11.6 Å². The zero-order chi connectivity index (χ0) is 15.4. The number of hydrogen-bond acceptors (Lipinski definition) is 4. The second-order valence-electron chi connectivity index (χ2n) is 4.42. The summed E-state index contributed by atoms with van der Waals surface area (Å²) < 4.78 is 13.8. The molecule has 21 heavy (non-hydrogen) atoms. The molecule has 0 aliphatic heterocycles. The Labute approximate surface area is 127 Å². The van der Waals surface area contributed by atoms with Crippen molar-refractivity contribution in [1.29, 1.82) is 5.26 Å². The average molecular weight is 305 g/mol. The van der Waals surface area contributed by atoms with Crippen molar-refractivity contribution in [3.05, 3.63) is 45.9 Å².